The highest BCUT2D eigenvalue weighted by Gasteiger charge is 2.23. The van der Waals surface area contributed by atoms with Crippen LogP contribution < -0.4 is 4.90 Å². The van der Waals surface area contributed by atoms with Crippen molar-refractivity contribution in [3.05, 3.63) is 29.8 Å². The molecule has 6 heteroatoms. The summed E-state index contributed by atoms with van der Waals surface area (Å²) in [5.41, 5.74) is 1.81. The SMILES string of the molecule is O=C(c1ccc(N2CCCCC2)cc1)N1CCCS(=O)(=O)CC1. The summed E-state index contributed by atoms with van der Waals surface area (Å²) in [6.07, 6.45) is 4.27. The van der Waals surface area contributed by atoms with Crippen molar-refractivity contribution in [2.45, 2.75) is 25.7 Å². The van der Waals surface area contributed by atoms with Crippen LogP contribution in [0.5, 0.6) is 0 Å². The molecule has 2 saturated heterocycles. The lowest BCUT2D eigenvalue weighted by Gasteiger charge is -2.29. The molecule has 1 aromatic rings. The monoisotopic (exact) mass is 336 g/mol. The van der Waals surface area contributed by atoms with Gasteiger partial charge in [-0.3, -0.25) is 4.79 Å². The number of piperidine rings is 1. The summed E-state index contributed by atoms with van der Waals surface area (Å²) in [6, 6.07) is 7.75. The van der Waals surface area contributed by atoms with Crippen molar-refractivity contribution >= 4 is 21.4 Å². The van der Waals surface area contributed by atoms with Gasteiger partial charge in [-0.2, -0.15) is 0 Å². The molecule has 0 radical (unpaired) electrons. The maximum absolute atomic E-state index is 12.6. The quantitative estimate of drug-likeness (QED) is 0.828. The van der Waals surface area contributed by atoms with Gasteiger partial charge in [-0.1, -0.05) is 0 Å². The van der Waals surface area contributed by atoms with Gasteiger partial charge >= 0.3 is 0 Å². The number of hydrogen-bond donors (Lipinski definition) is 0. The lowest BCUT2D eigenvalue weighted by Crippen LogP contribution is -2.33. The van der Waals surface area contributed by atoms with Crippen LogP contribution in [-0.2, 0) is 9.84 Å². The molecule has 0 saturated carbocycles. The Balaban J connectivity index is 1.67. The van der Waals surface area contributed by atoms with Gasteiger partial charge in [0.2, 0.25) is 0 Å². The van der Waals surface area contributed by atoms with Crippen LogP contribution in [0.15, 0.2) is 24.3 Å². The zero-order chi connectivity index (χ0) is 16.3. The maximum Gasteiger partial charge on any atom is 0.253 e. The highest BCUT2D eigenvalue weighted by atomic mass is 32.2. The molecule has 5 nitrogen and oxygen atoms in total. The van der Waals surface area contributed by atoms with Gasteiger partial charge in [0.15, 0.2) is 9.84 Å². The Hall–Kier alpha value is -1.56. The van der Waals surface area contributed by atoms with Crippen molar-refractivity contribution in [3.63, 3.8) is 0 Å². The molecule has 1 aromatic carbocycles. The minimum absolute atomic E-state index is 0.0627. The van der Waals surface area contributed by atoms with Gasteiger partial charge in [0.1, 0.15) is 0 Å². The van der Waals surface area contributed by atoms with Crippen LogP contribution in [0, 0.1) is 0 Å². The van der Waals surface area contributed by atoms with Crippen molar-refractivity contribution in [1.29, 1.82) is 0 Å². The van der Waals surface area contributed by atoms with E-state index < -0.39 is 9.84 Å². The summed E-state index contributed by atoms with van der Waals surface area (Å²) in [5.74, 6) is 0.197. The summed E-state index contributed by atoms with van der Waals surface area (Å²) in [7, 11) is -2.99. The smallest absolute Gasteiger partial charge is 0.253 e. The lowest BCUT2D eigenvalue weighted by molar-refractivity contribution is 0.0768. The van der Waals surface area contributed by atoms with E-state index in [4.69, 9.17) is 0 Å². The van der Waals surface area contributed by atoms with Crippen molar-refractivity contribution in [1.82, 2.24) is 4.90 Å². The first kappa shape index (κ1) is 16.3. The third-order valence-electron chi connectivity index (χ3n) is 4.68. The summed E-state index contributed by atoms with van der Waals surface area (Å²) in [5, 5.41) is 0. The van der Waals surface area contributed by atoms with Crippen molar-refractivity contribution < 1.29 is 13.2 Å². The first-order chi connectivity index (χ1) is 11.1. The molecule has 2 aliphatic heterocycles. The van der Waals surface area contributed by atoms with E-state index in [1.54, 1.807) is 4.90 Å². The Kier molecular flexibility index (Phi) is 4.90. The summed E-state index contributed by atoms with van der Waals surface area (Å²) in [4.78, 5) is 16.6. The molecule has 3 rings (SSSR count). The van der Waals surface area contributed by atoms with Gasteiger partial charge in [-0.15, -0.1) is 0 Å². The number of benzene rings is 1. The fraction of sp³-hybridized carbons (Fsp3) is 0.588. The third-order valence-corrected chi connectivity index (χ3v) is 6.39. The maximum atomic E-state index is 12.6. The van der Waals surface area contributed by atoms with E-state index in [1.165, 1.54) is 24.9 Å². The molecule has 0 N–H and O–H groups in total. The summed E-state index contributed by atoms with van der Waals surface area (Å²) >= 11 is 0. The van der Waals surface area contributed by atoms with E-state index in [-0.39, 0.29) is 17.4 Å². The van der Waals surface area contributed by atoms with E-state index in [0.29, 0.717) is 25.1 Å². The number of carbonyl (C=O) groups excluding carboxylic acids is 1. The third kappa shape index (κ3) is 4.05. The predicted octanol–water partition coefficient (Wildman–Crippen LogP) is 1.94. The number of sulfone groups is 1. The van der Waals surface area contributed by atoms with Crippen LogP contribution in [0.1, 0.15) is 36.0 Å². The zero-order valence-electron chi connectivity index (χ0n) is 13.4. The second kappa shape index (κ2) is 6.91. The Morgan fingerprint density at radius 1 is 0.826 bits per heavy atom. The molecule has 126 valence electrons. The highest BCUT2D eigenvalue weighted by molar-refractivity contribution is 7.91. The fourth-order valence-corrected chi connectivity index (χ4v) is 4.56. The van der Waals surface area contributed by atoms with Gasteiger partial charge in [0, 0.05) is 37.4 Å². The second-order valence-corrected chi connectivity index (χ2v) is 8.70. The molecule has 0 spiro atoms. The van der Waals surface area contributed by atoms with Crippen LogP contribution in [0.25, 0.3) is 0 Å². The predicted molar refractivity (Wildman–Crippen MR) is 91.7 cm³/mol. The molecule has 0 aliphatic carbocycles. The number of nitrogens with zero attached hydrogens (tertiary/aromatic N) is 2. The van der Waals surface area contributed by atoms with Gasteiger partial charge in [0.05, 0.1) is 11.5 Å². The molecule has 2 aliphatic rings. The van der Waals surface area contributed by atoms with Crippen LogP contribution in [0.4, 0.5) is 5.69 Å². The van der Waals surface area contributed by atoms with E-state index in [1.807, 2.05) is 24.3 Å². The van der Waals surface area contributed by atoms with Crippen molar-refractivity contribution in [3.8, 4) is 0 Å². The Bertz CT molecular complexity index is 649. The van der Waals surface area contributed by atoms with Gasteiger partial charge in [0.25, 0.3) is 5.91 Å². The Morgan fingerprint density at radius 2 is 1.52 bits per heavy atom. The minimum atomic E-state index is -2.99. The minimum Gasteiger partial charge on any atom is -0.372 e. The molecular weight excluding hydrogens is 312 g/mol. The Morgan fingerprint density at radius 3 is 2.22 bits per heavy atom. The van der Waals surface area contributed by atoms with E-state index >= 15 is 0 Å². The molecule has 0 unspecified atom stereocenters. The van der Waals surface area contributed by atoms with Gasteiger partial charge in [-0.05, 0) is 49.9 Å². The largest absolute Gasteiger partial charge is 0.372 e. The standard InChI is InChI=1S/C17H24N2O3S/c20-17(19-11-4-13-23(21,22)14-12-19)15-5-7-16(8-6-15)18-9-2-1-3-10-18/h5-8H,1-4,9-14H2. The second-order valence-electron chi connectivity index (χ2n) is 6.39. The molecule has 1 amide bonds. The van der Waals surface area contributed by atoms with E-state index in [0.717, 1.165) is 13.1 Å². The molecule has 0 atom stereocenters. The fourth-order valence-electron chi connectivity index (χ4n) is 3.29. The van der Waals surface area contributed by atoms with Crippen LogP contribution in [-0.4, -0.2) is 56.9 Å². The molecule has 0 bridgehead atoms. The number of rotatable bonds is 2. The average molecular weight is 336 g/mol. The normalized spacial score (nSPS) is 21.7. The average Bonchev–Trinajstić information content (AvgIpc) is 2.76. The molecular formula is C17H24N2O3S. The van der Waals surface area contributed by atoms with Gasteiger partial charge in [-0.25, -0.2) is 8.42 Å². The highest BCUT2D eigenvalue weighted by Crippen LogP contribution is 2.21. The molecule has 23 heavy (non-hydrogen) atoms. The van der Waals surface area contributed by atoms with Crippen LogP contribution in [0.3, 0.4) is 0 Å². The molecule has 2 fully saturated rings. The topological polar surface area (TPSA) is 57.7 Å². The summed E-state index contributed by atoms with van der Waals surface area (Å²) in [6.45, 7) is 2.98. The number of carbonyl (C=O) groups is 1. The van der Waals surface area contributed by atoms with Gasteiger partial charge < -0.3 is 9.80 Å². The van der Waals surface area contributed by atoms with Crippen LogP contribution >= 0.6 is 0 Å². The Labute approximate surface area is 138 Å². The lowest BCUT2D eigenvalue weighted by atomic mass is 10.1. The first-order valence-corrected chi connectivity index (χ1v) is 10.2. The van der Waals surface area contributed by atoms with Crippen molar-refractivity contribution in [2.24, 2.45) is 0 Å². The molecule has 0 aromatic heterocycles. The number of hydrogen-bond acceptors (Lipinski definition) is 4. The first-order valence-electron chi connectivity index (χ1n) is 8.40. The van der Waals surface area contributed by atoms with Crippen LogP contribution in [0.2, 0.25) is 0 Å². The number of anilines is 1. The van der Waals surface area contributed by atoms with E-state index in [2.05, 4.69) is 4.90 Å². The molecule has 2 heterocycles. The summed E-state index contributed by atoms with van der Waals surface area (Å²) < 4.78 is 23.3. The van der Waals surface area contributed by atoms with Crippen molar-refractivity contribution in [2.75, 3.05) is 42.6 Å². The number of amides is 1. The van der Waals surface area contributed by atoms with E-state index in [9.17, 15) is 13.2 Å². The zero-order valence-corrected chi connectivity index (χ0v) is 14.2.